The molecule has 0 saturated heterocycles. The Balaban J connectivity index is 1.77. The summed E-state index contributed by atoms with van der Waals surface area (Å²) in [6.07, 6.45) is 1.99. The van der Waals surface area contributed by atoms with Crippen molar-refractivity contribution >= 4 is 17.7 Å². The maximum atomic E-state index is 12.7. The molecule has 0 fully saturated rings. The molecule has 4 nitrogen and oxygen atoms in total. The van der Waals surface area contributed by atoms with Crippen LogP contribution in [0, 0.1) is 13.8 Å². The average molecular weight is 423 g/mol. The number of benzene rings is 2. The van der Waals surface area contributed by atoms with Crippen molar-refractivity contribution in [2.24, 2.45) is 0 Å². The number of hydrogen-bond donors (Lipinski definition) is 0. The van der Waals surface area contributed by atoms with E-state index in [0.29, 0.717) is 12.3 Å². The molecule has 0 aliphatic heterocycles. The largest absolute Gasteiger partial charge is 0.406 e. The van der Waals surface area contributed by atoms with Crippen LogP contribution in [0.1, 0.15) is 50.4 Å². The number of carbonyl (C=O) groups excluding carboxylic acids is 1. The molecule has 0 amide bonds. The van der Waals surface area contributed by atoms with Crippen molar-refractivity contribution in [2.45, 2.75) is 69.2 Å². The highest BCUT2D eigenvalue weighted by molar-refractivity contribution is 7.99. The summed E-state index contributed by atoms with van der Waals surface area (Å²) >= 11 is 1.59. The van der Waals surface area contributed by atoms with Gasteiger partial charge in [-0.25, -0.2) is 4.68 Å². The Morgan fingerprint density at radius 2 is 1.70 bits per heavy atom. The molecule has 0 spiro atoms. The monoisotopic (exact) mass is 422 g/mol. The van der Waals surface area contributed by atoms with Crippen LogP contribution in [-0.4, -0.2) is 15.7 Å². The zero-order valence-corrected chi connectivity index (χ0v) is 19.3. The van der Waals surface area contributed by atoms with E-state index in [0.717, 1.165) is 28.3 Å². The van der Waals surface area contributed by atoms with Crippen molar-refractivity contribution in [1.82, 2.24) is 9.78 Å². The smallest absolute Gasteiger partial charge is 0.312 e. The van der Waals surface area contributed by atoms with E-state index in [4.69, 9.17) is 9.84 Å². The van der Waals surface area contributed by atoms with E-state index < -0.39 is 0 Å². The molecule has 3 rings (SSSR count). The van der Waals surface area contributed by atoms with Gasteiger partial charge >= 0.3 is 5.97 Å². The maximum absolute atomic E-state index is 12.7. The average Bonchev–Trinajstić information content (AvgIpc) is 3.00. The van der Waals surface area contributed by atoms with Gasteiger partial charge in [-0.15, -0.1) is 0 Å². The van der Waals surface area contributed by atoms with Crippen LogP contribution in [-0.2, 0) is 16.8 Å². The maximum Gasteiger partial charge on any atom is 0.312 e. The number of aromatic nitrogens is 2. The minimum absolute atomic E-state index is 0.220. The summed E-state index contributed by atoms with van der Waals surface area (Å²) in [5, 5.41) is 4.70. The first-order chi connectivity index (χ1) is 14.2. The van der Waals surface area contributed by atoms with E-state index in [9.17, 15) is 4.79 Å². The summed E-state index contributed by atoms with van der Waals surface area (Å²) in [5.74, 6) is 0.317. The van der Waals surface area contributed by atoms with Crippen molar-refractivity contribution in [1.29, 1.82) is 0 Å². The minimum Gasteiger partial charge on any atom is -0.406 e. The third-order valence-electron chi connectivity index (χ3n) is 4.74. The van der Waals surface area contributed by atoms with Gasteiger partial charge in [-0.05, 0) is 65.2 Å². The molecule has 2 aromatic carbocycles. The number of ether oxygens (including phenoxy) is 1. The van der Waals surface area contributed by atoms with Gasteiger partial charge in [0.2, 0.25) is 5.88 Å². The molecule has 5 heteroatoms. The number of esters is 1. The van der Waals surface area contributed by atoms with Gasteiger partial charge in [0.15, 0.2) is 0 Å². The molecular weight excluding hydrogens is 392 g/mol. The second kappa shape index (κ2) is 9.52. The predicted molar refractivity (Wildman–Crippen MR) is 122 cm³/mol. The van der Waals surface area contributed by atoms with Crippen LogP contribution in [0.5, 0.6) is 5.88 Å². The first-order valence-corrected chi connectivity index (χ1v) is 11.1. The Morgan fingerprint density at radius 3 is 2.33 bits per heavy atom. The van der Waals surface area contributed by atoms with E-state index in [2.05, 4.69) is 64.1 Å². The summed E-state index contributed by atoms with van der Waals surface area (Å²) in [4.78, 5) is 14.7. The molecule has 0 N–H and O–H groups in total. The molecule has 1 aromatic heterocycles. The van der Waals surface area contributed by atoms with Gasteiger partial charge in [-0.1, -0.05) is 59.8 Å². The van der Waals surface area contributed by atoms with E-state index in [1.165, 1.54) is 11.1 Å². The third kappa shape index (κ3) is 5.76. The molecule has 0 unspecified atom stereocenters. The molecule has 0 aliphatic rings. The van der Waals surface area contributed by atoms with Crippen LogP contribution in [0.4, 0.5) is 0 Å². The summed E-state index contributed by atoms with van der Waals surface area (Å²) in [6.45, 7) is 10.2. The number of aryl methyl sites for hydroxylation is 3. The normalized spacial score (nSPS) is 11.5. The van der Waals surface area contributed by atoms with Crippen LogP contribution < -0.4 is 4.74 Å². The predicted octanol–water partition coefficient (Wildman–Crippen LogP) is 6.33. The van der Waals surface area contributed by atoms with Gasteiger partial charge < -0.3 is 4.74 Å². The first kappa shape index (κ1) is 22.2. The topological polar surface area (TPSA) is 44.1 Å². The van der Waals surface area contributed by atoms with E-state index >= 15 is 0 Å². The highest BCUT2D eigenvalue weighted by Gasteiger charge is 2.27. The highest BCUT2D eigenvalue weighted by atomic mass is 32.2. The SMILES string of the molecule is Cc1ccc(Sc2c(C)nn(C(C)(C)C)c2OC(=O)CCCc2ccccc2)cc1. The fourth-order valence-electron chi connectivity index (χ4n) is 3.12. The Bertz CT molecular complexity index is 986. The van der Waals surface area contributed by atoms with E-state index in [1.807, 2.05) is 29.8 Å². The van der Waals surface area contributed by atoms with Gasteiger partial charge in [0.25, 0.3) is 0 Å². The second-order valence-corrected chi connectivity index (χ2v) is 9.61. The van der Waals surface area contributed by atoms with Gasteiger partial charge in [0, 0.05) is 11.3 Å². The Labute approximate surface area is 183 Å². The van der Waals surface area contributed by atoms with Crippen molar-refractivity contribution in [3.05, 3.63) is 71.4 Å². The molecule has 0 atom stereocenters. The van der Waals surface area contributed by atoms with Crippen molar-refractivity contribution in [2.75, 3.05) is 0 Å². The fraction of sp³-hybridized carbons (Fsp3) is 0.360. The van der Waals surface area contributed by atoms with Gasteiger partial charge in [0.05, 0.1) is 16.1 Å². The van der Waals surface area contributed by atoms with Gasteiger partial charge in [-0.2, -0.15) is 5.10 Å². The van der Waals surface area contributed by atoms with Crippen molar-refractivity contribution in [3.63, 3.8) is 0 Å². The number of hydrogen-bond acceptors (Lipinski definition) is 4. The molecule has 0 radical (unpaired) electrons. The van der Waals surface area contributed by atoms with Gasteiger partial charge in [0.1, 0.15) is 0 Å². The molecule has 3 aromatic rings. The van der Waals surface area contributed by atoms with Crippen LogP contribution >= 0.6 is 11.8 Å². The minimum atomic E-state index is -0.295. The lowest BCUT2D eigenvalue weighted by Gasteiger charge is -2.22. The molecule has 0 bridgehead atoms. The number of carbonyl (C=O) groups is 1. The van der Waals surface area contributed by atoms with Crippen molar-refractivity contribution < 1.29 is 9.53 Å². The van der Waals surface area contributed by atoms with Crippen LogP contribution in [0.15, 0.2) is 64.4 Å². The Hall–Kier alpha value is -2.53. The number of rotatable bonds is 7. The Morgan fingerprint density at radius 1 is 1.03 bits per heavy atom. The second-order valence-electron chi connectivity index (χ2n) is 8.53. The zero-order valence-electron chi connectivity index (χ0n) is 18.4. The lowest BCUT2D eigenvalue weighted by Crippen LogP contribution is -2.25. The summed E-state index contributed by atoms with van der Waals surface area (Å²) < 4.78 is 7.73. The van der Waals surface area contributed by atoms with Crippen molar-refractivity contribution in [3.8, 4) is 5.88 Å². The quantitative estimate of drug-likeness (QED) is 0.417. The van der Waals surface area contributed by atoms with E-state index in [-0.39, 0.29) is 11.5 Å². The Kier molecular flexibility index (Phi) is 7.03. The molecule has 30 heavy (non-hydrogen) atoms. The summed E-state index contributed by atoms with van der Waals surface area (Å²) in [7, 11) is 0. The molecule has 158 valence electrons. The standard InChI is InChI=1S/C25H30N2O2S/c1-18-14-16-21(17-15-18)30-23-19(2)26-27(25(3,4)5)24(23)29-22(28)13-9-12-20-10-7-6-8-11-20/h6-8,10-11,14-17H,9,12-13H2,1-5H3. The number of nitrogens with zero attached hydrogens (tertiary/aromatic N) is 2. The zero-order chi connectivity index (χ0) is 21.7. The molecule has 0 aliphatic carbocycles. The van der Waals surface area contributed by atoms with Gasteiger partial charge in [-0.3, -0.25) is 4.79 Å². The molecule has 1 heterocycles. The van der Waals surface area contributed by atoms with Crippen LogP contribution in [0.25, 0.3) is 0 Å². The van der Waals surface area contributed by atoms with Crippen LogP contribution in [0.2, 0.25) is 0 Å². The summed E-state index contributed by atoms with van der Waals surface area (Å²) in [6, 6.07) is 18.5. The molecular formula is C25H30N2O2S. The summed E-state index contributed by atoms with van der Waals surface area (Å²) in [5.41, 5.74) is 3.02. The van der Waals surface area contributed by atoms with E-state index in [1.54, 1.807) is 11.8 Å². The lowest BCUT2D eigenvalue weighted by molar-refractivity contribution is -0.135. The highest BCUT2D eigenvalue weighted by Crippen LogP contribution is 2.40. The third-order valence-corrected chi connectivity index (χ3v) is 5.92. The first-order valence-electron chi connectivity index (χ1n) is 10.3. The van der Waals surface area contributed by atoms with Crippen LogP contribution in [0.3, 0.4) is 0 Å². The fourth-order valence-corrected chi connectivity index (χ4v) is 4.03. The molecule has 0 saturated carbocycles. The lowest BCUT2D eigenvalue weighted by atomic mass is 10.1.